The van der Waals surface area contributed by atoms with Crippen molar-refractivity contribution in [3.05, 3.63) is 41.0 Å². The van der Waals surface area contributed by atoms with Gasteiger partial charge in [-0.3, -0.25) is 4.31 Å². The largest absolute Gasteiger partial charge is 0.282 e. The summed E-state index contributed by atoms with van der Waals surface area (Å²) in [6, 6.07) is 0.127. The van der Waals surface area contributed by atoms with E-state index in [1.165, 1.54) is 0 Å². The van der Waals surface area contributed by atoms with E-state index in [0.717, 1.165) is 9.88 Å². The summed E-state index contributed by atoms with van der Waals surface area (Å²) in [5.41, 5.74) is -0.128. The normalized spacial score (nSPS) is 19.9. The Labute approximate surface area is 103 Å². The van der Waals surface area contributed by atoms with Crippen LogP contribution in [0.15, 0.2) is 17.7 Å². The summed E-state index contributed by atoms with van der Waals surface area (Å²) in [5.74, 6) is -6.00. The lowest BCUT2D eigenvalue weighted by Crippen LogP contribution is -2.33. The first-order valence-corrected chi connectivity index (χ1v) is 6.34. The van der Waals surface area contributed by atoms with Gasteiger partial charge in [0.25, 0.3) is 0 Å². The van der Waals surface area contributed by atoms with Crippen molar-refractivity contribution in [2.45, 2.75) is 6.92 Å². The molecule has 0 fully saturated rings. The Kier molecular flexibility index (Phi) is 3.43. The minimum absolute atomic E-state index is 0.0603. The van der Waals surface area contributed by atoms with Crippen LogP contribution in [0.25, 0.3) is 0 Å². The summed E-state index contributed by atoms with van der Waals surface area (Å²) >= 11 is 0. The molecule has 1 aromatic carbocycles. The maximum Gasteiger partial charge on any atom is 0.186 e. The predicted molar refractivity (Wildman–Crippen MR) is 60.4 cm³/mol. The number of hydrogen-bond acceptors (Lipinski definition) is 1. The molecular formula is C11H9F4NOS. The van der Waals surface area contributed by atoms with Crippen LogP contribution >= 0.6 is 0 Å². The van der Waals surface area contributed by atoms with Crippen LogP contribution in [-0.2, 0) is 11.0 Å². The molecule has 2 nitrogen and oxygen atoms in total. The van der Waals surface area contributed by atoms with Crippen LogP contribution in [0.4, 0.5) is 23.2 Å². The quantitative estimate of drug-likeness (QED) is 0.440. The van der Waals surface area contributed by atoms with E-state index in [0.29, 0.717) is 0 Å². The molecule has 1 heterocycles. The third-order valence-electron chi connectivity index (χ3n) is 2.54. The molecule has 7 heteroatoms. The molecule has 1 aliphatic rings. The molecule has 1 aliphatic heterocycles. The van der Waals surface area contributed by atoms with Crippen LogP contribution in [0.1, 0.15) is 6.92 Å². The highest BCUT2D eigenvalue weighted by Crippen LogP contribution is 2.30. The molecule has 0 saturated carbocycles. The van der Waals surface area contributed by atoms with Crippen molar-refractivity contribution >= 4 is 16.7 Å². The van der Waals surface area contributed by atoms with E-state index < -0.39 is 39.9 Å². The fourth-order valence-electron chi connectivity index (χ4n) is 1.63. The molecule has 0 bridgehead atoms. The topological polar surface area (TPSA) is 20.3 Å². The van der Waals surface area contributed by atoms with E-state index in [9.17, 15) is 21.8 Å². The van der Waals surface area contributed by atoms with Gasteiger partial charge in [-0.15, -0.1) is 0 Å². The average molecular weight is 279 g/mol. The van der Waals surface area contributed by atoms with Gasteiger partial charge < -0.3 is 0 Å². The van der Waals surface area contributed by atoms with E-state index in [1.807, 2.05) is 0 Å². The predicted octanol–water partition coefficient (Wildman–Crippen LogP) is 2.67. The molecule has 0 saturated heterocycles. The van der Waals surface area contributed by atoms with Gasteiger partial charge in [0.1, 0.15) is 16.7 Å². The summed E-state index contributed by atoms with van der Waals surface area (Å²) in [6.07, 6.45) is 1.60. The van der Waals surface area contributed by atoms with Crippen LogP contribution in [-0.4, -0.2) is 16.5 Å². The monoisotopic (exact) mass is 279 g/mol. The second kappa shape index (κ2) is 4.72. The van der Waals surface area contributed by atoms with Crippen LogP contribution < -0.4 is 4.31 Å². The second-order valence-corrected chi connectivity index (χ2v) is 5.27. The Morgan fingerprint density at radius 2 is 1.72 bits per heavy atom. The third-order valence-corrected chi connectivity index (χ3v) is 4.07. The molecule has 2 rings (SSSR count). The van der Waals surface area contributed by atoms with Crippen molar-refractivity contribution in [1.29, 1.82) is 0 Å². The van der Waals surface area contributed by atoms with Gasteiger partial charge in [-0.1, -0.05) is 11.6 Å². The number of hydrogen-bond donors (Lipinski definition) is 0. The van der Waals surface area contributed by atoms with E-state index in [4.69, 9.17) is 0 Å². The minimum Gasteiger partial charge on any atom is -0.282 e. The SMILES string of the molecule is CC1=CCN(c2c(F)c(F)cc(F)c2F)S(=O)C1. The van der Waals surface area contributed by atoms with Gasteiger partial charge in [0, 0.05) is 6.07 Å². The standard InChI is InChI=1S/C11H9F4NOS/c1-6-2-3-16(18(17)5-6)11-9(14)7(12)4-8(13)10(11)15/h2,4H,3,5H2,1H3. The van der Waals surface area contributed by atoms with Crippen LogP contribution in [0.3, 0.4) is 0 Å². The minimum atomic E-state index is -1.74. The molecule has 0 radical (unpaired) electrons. The molecule has 0 spiro atoms. The van der Waals surface area contributed by atoms with Crippen molar-refractivity contribution in [2.75, 3.05) is 16.6 Å². The average Bonchev–Trinajstić information content (AvgIpc) is 2.29. The van der Waals surface area contributed by atoms with Crippen LogP contribution in [0, 0.1) is 23.3 Å². The number of nitrogens with zero attached hydrogens (tertiary/aromatic N) is 1. The van der Waals surface area contributed by atoms with E-state index in [2.05, 4.69) is 0 Å². The highest BCUT2D eigenvalue weighted by Gasteiger charge is 2.28. The Balaban J connectivity index is 2.55. The van der Waals surface area contributed by atoms with Crippen LogP contribution in [0.5, 0.6) is 0 Å². The van der Waals surface area contributed by atoms with E-state index in [1.54, 1.807) is 13.0 Å². The van der Waals surface area contributed by atoms with Crippen LogP contribution in [0.2, 0.25) is 0 Å². The molecule has 1 aromatic rings. The summed E-state index contributed by atoms with van der Waals surface area (Å²) < 4.78 is 65.7. The Hall–Kier alpha value is -1.37. The number of rotatable bonds is 1. The zero-order valence-electron chi connectivity index (χ0n) is 9.34. The van der Waals surface area contributed by atoms with E-state index >= 15 is 0 Å². The fraction of sp³-hybridized carbons (Fsp3) is 0.273. The molecule has 0 aliphatic carbocycles. The summed E-state index contributed by atoms with van der Waals surface area (Å²) in [4.78, 5) is 0. The van der Waals surface area contributed by atoms with Crippen molar-refractivity contribution < 1.29 is 21.8 Å². The Bertz CT molecular complexity index is 532. The number of benzene rings is 1. The van der Waals surface area contributed by atoms with Gasteiger partial charge in [0.15, 0.2) is 23.3 Å². The molecule has 1 atom stereocenters. The number of halogens is 4. The van der Waals surface area contributed by atoms with Gasteiger partial charge in [-0.25, -0.2) is 21.8 Å². The zero-order valence-corrected chi connectivity index (χ0v) is 10.2. The number of anilines is 1. The van der Waals surface area contributed by atoms with Gasteiger partial charge in [0.2, 0.25) is 0 Å². The van der Waals surface area contributed by atoms with Crippen molar-refractivity contribution in [3.8, 4) is 0 Å². The third kappa shape index (κ3) is 2.14. The van der Waals surface area contributed by atoms with Gasteiger partial charge in [-0.2, -0.15) is 0 Å². The lowest BCUT2D eigenvalue weighted by molar-refractivity contribution is 0.456. The highest BCUT2D eigenvalue weighted by molar-refractivity contribution is 7.86. The molecule has 1 unspecified atom stereocenters. The summed E-state index contributed by atoms with van der Waals surface area (Å²) in [5, 5.41) is 0. The maximum absolute atomic E-state index is 13.5. The molecule has 98 valence electrons. The molecule has 18 heavy (non-hydrogen) atoms. The van der Waals surface area contributed by atoms with Gasteiger partial charge in [-0.05, 0) is 6.92 Å². The fourth-order valence-corrected chi connectivity index (χ4v) is 2.89. The maximum atomic E-state index is 13.5. The first kappa shape index (κ1) is 13.1. The van der Waals surface area contributed by atoms with Crippen molar-refractivity contribution in [3.63, 3.8) is 0 Å². The first-order chi connectivity index (χ1) is 8.41. The summed E-state index contributed by atoms with van der Waals surface area (Å²) in [6.45, 7) is 1.66. The van der Waals surface area contributed by atoms with Crippen molar-refractivity contribution in [2.24, 2.45) is 0 Å². The van der Waals surface area contributed by atoms with Gasteiger partial charge in [0.05, 0.1) is 12.3 Å². The highest BCUT2D eigenvalue weighted by atomic mass is 32.2. The van der Waals surface area contributed by atoms with Gasteiger partial charge >= 0.3 is 0 Å². The molecular weight excluding hydrogens is 270 g/mol. The van der Waals surface area contributed by atoms with Crippen molar-refractivity contribution in [1.82, 2.24) is 0 Å². The molecule has 0 amide bonds. The van der Waals surface area contributed by atoms with E-state index in [-0.39, 0.29) is 18.4 Å². The lowest BCUT2D eigenvalue weighted by Gasteiger charge is -2.26. The Morgan fingerprint density at radius 3 is 2.22 bits per heavy atom. The first-order valence-electron chi connectivity index (χ1n) is 5.06. The molecule has 0 aromatic heterocycles. The molecule has 0 N–H and O–H groups in total. The summed E-state index contributed by atoms with van der Waals surface area (Å²) in [7, 11) is -1.74. The lowest BCUT2D eigenvalue weighted by atomic mass is 10.2. The smallest absolute Gasteiger partial charge is 0.186 e. The Morgan fingerprint density at radius 1 is 1.17 bits per heavy atom. The second-order valence-electron chi connectivity index (χ2n) is 3.89. The zero-order chi connectivity index (χ0) is 13.4.